The smallest absolute Gasteiger partial charge is 0.248 e. The van der Waals surface area contributed by atoms with Gasteiger partial charge in [-0.3, -0.25) is 9.48 Å². The minimum atomic E-state index is -0.186. The number of aromatic amines is 1. The van der Waals surface area contributed by atoms with Crippen LogP contribution < -0.4 is 11.3 Å². The number of hydrogen-bond donors (Lipinski definition) is 2. The number of nitrogens with one attached hydrogen (secondary N) is 1. The Morgan fingerprint density at radius 1 is 1.24 bits per heavy atom. The molecule has 21 heavy (non-hydrogen) atoms. The fourth-order valence-electron chi connectivity index (χ4n) is 2.26. The molecule has 0 aliphatic heterocycles. The van der Waals surface area contributed by atoms with Crippen molar-refractivity contribution in [2.45, 2.75) is 0 Å². The third-order valence-electron chi connectivity index (χ3n) is 3.25. The van der Waals surface area contributed by atoms with Crippen molar-refractivity contribution in [1.29, 1.82) is 0 Å². The average Bonchev–Trinajstić information content (AvgIpc) is 2.75. The number of halogens is 1. The molecule has 0 spiro atoms. The van der Waals surface area contributed by atoms with Crippen molar-refractivity contribution in [1.82, 2.24) is 14.8 Å². The first kappa shape index (κ1) is 13.5. The molecule has 0 aliphatic rings. The van der Waals surface area contributed by atoms with Crippen LogP contribution in [0.25, 0.3) is 22.4 Å². The maximum Gasteiger partial charge on any atom is 0.248 e. The number of pyridine rings is 1. The van der Waals surface area contributed by atoms with E-state index in [2.05, 4.69) is 10.1 Å². The Bertz CT molecular complexity index is 866. The molecule has 0 saturated heterocycles. The molecule has 2 aromatic heterocycles. The maximum absolute atomic E-state index is 11.5. The standard InChI is InChI=1S/C15H13ClN4O/c1-20-15(17)13(9-3-2-4-11(16)7-9)14(19-20)10-5-6-18-12(21)8-10/h2-8H,17H2,1H3,(H,18,21). The molecule has 0 bridgehead atoms. The van der Waals surface area contributed by atoms with E-state index < -0.39 is 0 Å². The van der Waals surface area contributed by atoms with Gasteiger partial charge in [0.05, 0.1) is 5.56 Å². The minimum absolute atomic E-state index is 0.186. The summed E-state index contributed by atoms with van der Waals surface area (Å²) in [4.78, 5) is 14.1. The van der Waals surface area contributed by atoms with Gasteiger partial charge in [0.1, 0.15) is 11.5 Å². The Morgan fingerprint density at radius 2 is 2.05 bits per heavy atom. The lowest BCUT2D eigenvalue weighted by atomic mass is 10.0. The Hall–Kier alpha value is -2.53. The molecule has 0 unspecified atom stereocenters. The fourth-order valence-corrected chi connectivity index (χ4v) is 2.45. The van der Waals surface area contributed by atoms with Crippen LogP contribution in [0.4, 0.5) is 5.82 Å². The molecule has 0 atom stereocenters. The summed E-state index contributed by atoms with van der Waals surface area (Å²) in [5.41, 5.74) is 8.94. The van der Waals surface area contributed by atoms with E-state index in [1.54, 1.807) is 30.1 Å². The van der Waals surface area contributed by atoms with E-state index in [0.29, 0.717) is 22.1 Å². The SMILES string of the molecule is Cn1nc(-c2cc[nH]c(=O)c2)c(-c2cccc(Cl)c2)c1N. The number of hydrogen-bond acceptors (Lipinski definition) is 3. The van der Waals surface area contributed by atoms with Gasteiger partial charge in [0.15, 0.2) is 0 Å². The normalized spacial score (nSPS) is 10.8. The highest BCUT2D eigenvalue weighted by molar-refractivity contribution is 6.30. The van der Waals surface area contributed by atoms with Gasteiger partial charge in [-0.25, -0.2) is 0 Å². The highest BCUT2D eigenvalue weighted by Crippen LogP contribution is 2.36. The van der Waals surface area contributed by atoms with Crippen molar-refractivity contribution in [2.24, 2.45) is 7.05 Å². The number of nitrogens with zero attached hydrogens (tertiary/aromatic N) is 2. The second-order valence-corrected chi connectivity index (χ2v) is 5.12. The molecule has 0 radical (unpaired) electrons. The Balaban J connectivity index is 2.28. The van der Waals surface area contributed by atoms with Gasteiger partial charge in [-0.15, -0.1) is 0 Å². The first-order valence-electron chi connectivity index (χ1n) is 6.34. The summed E-state index contributed by atoms with van der Waals surface area (Å²) in [6.07, 6.45) is 1.59. The minimum Gasteiger partial charge on any atom is -0.383 e. The zero-order valence-electron chi connectivity index (χ0n) is 11.3. The maximum atomic E-state index is 11.5. The monoisotopic (exact) mass is 300 g/mol. The van der Waals surface area contributed by atoms with Crippen LogP contribution in [0, 0.1) is 0 Å². The van der Waals surface area contributed by atoms with Gasteiger partial charge in [-0.2, -0.15) is 5.10 Å². The van der Waals surface area contributed by atoms with Crippen LogP contribution in [0.3, 0.4) is 0 Å². The van der Waals surface area contributed by atoms with Crippen LogP contribution in [0.5, 0.6) is 0 Å². The zero-order chi connectivity index (χ0) is 15.0. The summed E-state index contributed by atoms with van der Waals surface area (Å²) in [6.45, 7) is 0. The van der Waals surface area contributed by atoms with Crippen molar-refractivity contribution in [3.05, 3.63) is 58.0 Å². The van der Waals surface area contributed by atoms with E-state index >= 15 is 0 Å². The second kappa shape index (κ2) is 5.10. The molecular formula is C15H13ClN4O. The molecule has 1 aromatic carbocycles. The fraction of sp³-hybridized carbons (Fsp3) is 0.0667. The molecule has 106 valence electrons. The molecule has 6 heteroatoms. The van der Waals surface area contributed by atoms with Gasteiger partial charge in [0.25, 0.3) is 0 Å². The number of nitrogens with two attached hydrogens (primary N) is 1. The molecule has 0 fully saturated rings. The topological polar surface area (TPSA) is 76.7 Å². The molecule has 2 heterocycles. The number of anilines is 1. The molecule has 0 aliphatic carbocycles. The molecule has 3 aromatic rings. The summed E-state index contributed by atoms with van der Waals surface area (Å²) in [5, 5.41) is 5.04. The Labute approximate surface area is 126 Å². The van der Waals surface area contributed by atoms with Crippen molar-refractivity contribution in [2.75, 3.05) is 5.73 Å². The Morgan fingerprint density at radius 3 is 2.76 bits per heavy atom. The number of aromatic nitrogens is 3. The zero-order valence-corrected chi connectivity index (χ0v) is 12.1. The van der Waals surface area contributed by atoms with Gasteiger partial charge >= 0.3 is 0 Å². The number of nitrogen functional groups attached to an aromatic ring is 1. The van der Waals surface area contributed by atoms with Crippen LogP contribution >= 0.6 is 11.6 Å². The summed E-state index contributed by atoms with van der Waals surface area (Å²) in [5.74, 6) is 0.521. The van der Waals surface area contributed by atoms with Crippen LogP contribution in [0.15, 0.2) is 47.4 Å². The van der Waals surface area contributed by atoms with E-state index in [4.69, 9.17) is 17.3 Å². The number of rotatable bonds is 2. The molecule has 3 rings (SSSR count). The van der Waals surface area contributed by atoms with E-state index in [1.165, 1.54) is 6.07 Å². The van der Waals surface area contributed by atoms with Gasteiger partial charge in [-0.05, 0) is 23.8 Å². The molecule has 0 amide bonds. The molecule has 3 N–H and O–H groups in total. The number of aryl methyl sites for hydroxylation is 1. The van der Waals surface area contributed by atoms with E-state index in [9.17, 15) is 4.79 Å². The Kier molecular flexibility index (Phi) is 3.27. The van der Waals surface area contributed by atoms with Crippen LogP contribution in [-0.2, 0) is 7.05 Å². The first-order valence-corrected chi connectivity index (χ1v) is 6.71. The van der Waals surface area contributed by atoms with E-state index in [1.807, 2.05) is 18.2 Å². The van der Waals surface area contributed by atoms with E-state index in [0.717, 1.165) is 11.1 Å². The van der Waals surface area contributed by atoms with Gasteiger partial charge in [0, 0.05) is 29.9 Å². The third kappa shape index (κ3) is 2.43. The van der Waals surface area contributed by atoms with Crippen LogP contribution in [-0.4, -0.2) is 14.8 Å². The third-order valence-corrected chi connectivity index (χ3v) is 3.49. The van der Waals surface area contributed by atoms with Crippen molar-refractivity contribution < 1.29 is 0 Å². The quantitative estimate of drug-likeness (QED) is 0.764. The molecule has 0 saturated carbocycles. The largest absolute Gasteiger partial charge is 0.383 e. The lowest BCUT2D eigenvalue weighted by Crippen LogP contribution is -2.02. The van der Waals surface area contributed by atoms with Crippen LogP contribution in [0.1, 0.15) is 0 Å². The van der Waals surface area contributed by atoms with Crippen molar-refractivity contribution in [3.8, 4) is 22.4 Å². The molecular weight excluding hydrogens is 288 g/mol. The van der Waals surface area contributed by atoms with Gasteiger partial charge in [0.2, 0.25) is 5.56 Å². The lowest BCUT2D eigenvalue weighted by molar-refractivity contribution is 0.782. The molecule has 5 nitrogen and oxygen atoms in total. The summed E-state index contributed by atoms with van der Waals surface area (Å²) >= 11 is 6.05. The predicted molar refractivity (Wildman–Crippen MR) is 84.1 cm³/mol. The summed E-state index contributed by atoms with van der Waals surface area (Å²) < 4.78 is 1.59. The predicted octanol–water partition coefficient (Wildman–Crippen LogP) is 2.68. The van der Waals surface area contributed by atoms with Gasteiger partial charge in [-0.1, -0.05) is 23.7 Å². The average molecular weight is 301 g/mol. The highest BCUT2D eigenvalue weighted by Gasteiger charge is 2.17. The van der Waals surface area contributed by atoms with Gasteiger partial charge < -0.3 is 10.7 Å². The number of H-pyrrole nitrogens is 1. The number of benzene rings is 1. The van der Waals surface area contributed by atoms with Crippen molar-refractivity contribution in [3.63, 3.8) is 0 Å². The lowest BCUT2D eigenvalue weighted by Gasteiger charge is -2.04. The van der Waals surface area contributed by atoms with E-state index in [-0.39, 0.29) is 5.56 Å². The van der Waals surface area contributed by atoms with Crippen LogP contribution in [0.2, 0.25) is 5.02 Å². The first-order chi connectivity index (χ1) is 10.1. The summed E-state index contributed by atoms with van der Waals surface area (Å²) in [6, 6.07) is 10.7. The second-order valence-electron chi connectivity index (χ2n) is 4.68. The highest BCUT2D eigenvalue weighted by atomic mass is 35.5. The summed E-state index contributed by atoms with van der Waals surface area (Å²) in [7, 11) is 1.76. The van der Waals surface area contributed by atoms with Crippen molar-refractivity contribution >= 4 is 17.4 Å².